The van der Waals surface area contributed by atoms with Crippen molar-refractivity contribution in [2.75, 3.05) is 23.3 Å². The van der Waals surface area contributed by atoms with Crippen molar-refractivity contribution in [3.05, 3.63) is 70.4 Å². The van der Waals surface area contributed by atoms with E-state index in [-0.39, 0.29) is 16.6 Å². The lowest BCUT2D eigenvalue weighted by molar-refractivity contribution is -0.120. The van der Waals surface area contributed by atoms with Gasteiger partial charge in [-0.25, -0.2) is 4.90 Å². The quantitative estimate of drug-likeness (QED) is 0.753. The summed E-state index contributed by atoms with van der Waals surface area (Å²) in [6, 6.07) is 14.0. The standard InChI is InChI=1S/C23H22ClN3O3/c1-15-8-10-18(11-9-15)27-22(29)19(24)20(23(27)30)25-17-7-5-6-16(14-17)21(28)26-12-3-2-4-13-26/h5-11,14,25H,2-4,12-13H2,1H3. The number of nitrogens with zero attached hydrogens (tertiary/aromatic N) is 2. The average Bonchev–Trinajstić information content (AvgIpc) is 2.98. The SMILES string of the molecule is Cc1ccc(N2C(=O)C(Cl)=C(Nc3cccc(C(=O)N4CCCCC4)c3)C2=O)cc1. The van der Waals surface area contributed by atoms with Crippen LogP contribution >= 0.6 is 11.6 Å². The number of piperidine rings is 1. The molecule has 0 aliphatic carbocycles. The molecular formula is C23H22ClN3O3. The molecule has 2 aliphatic rings. The van der Waals surface area contributed by atoms with Crippen LogP contribution in [0.4, 0.5) is 11.4 Å². The molecule has 1 N–H and O–H groups in total. The van der Waals surface area contributed by atoms with Gasteiger partial charge < -0.3 is 10.2 Å². The number of carbonyl (C=O) groups excluding carboxylic acids is 3. The summed E-state index contributed by atoms with van der Waals surface area (Å²) in [7, 11) is 0. The fourth-order valence-electron chi connectivity index (χ4n) is 3.69. The first-order valence-electron chi connectivity index (χ1n) is 9.97. The third-order valence-electron chi connectivity index (χ3n) is 5.34. The highest BCUT2D eigenvalue weighted by Gasteiger charge is 2.39. The highest BCUT2D eigenvalue weighted by Crippen LogP contribution is 2.30. The zero-order valence-electron chi connectivity index (χ0n) is 16.7. The summed E-state index contributed by atoms with van der Waals surface area (Å²) >= 11 is 6.20. The maximum Gasteiger partial charge on any atom is 0.283 e. The van der Waals surface area contributed by atoms with Gasteiger partial charge in [0.25, 0.3) is 17.7 Å². The fraction of sp³-hybridized carbons (Fsp3) is 0.261. The molecule has 1 fully saturated rings. The summed E-state index contributed by atoms with van der Waals surface area (Å²) in [5.41, 5.74) is 2.54. The van der Waals surface area contributed by atoms with Gasteiger partial charge in [-0.2, -0.15) is 0 Å². The zero-order chi connectivity index (χ0) is 21.3. The van der Waals surface area contributed by atoms with E-state index in [2.05, 4.69) is 5.32 Å². The summed E-state index contributed by atoms with van der Waals surface area (Å²) < 4.78 is 0. The Kier molecular flexibility index (Phi) is 5.59. The number of aryl methyl sites for hydroxylation is 1. The van der Waals surface area contributed by atoms with Crippen LogP contribution in [-0.2, 0) is 9.59 Å². The maximum absolute atomic E-state index is 12.9. The molecule has 1 saturated heterocycles. The number of amides is 3. The van der Waals surface area contributed by atoms with Gasteiger partial charge >= 0.3 is 0 Å². The molecule has 0 atom stereocenters. The molecule has 2 heterocycles. The van der Waals surface area contributed by atoms with Gasteiger partial charge in [0, 0.05) is 24.3 Å². The van der Waals surface area contributed by atoms with Crippen LogP contribution in [0.3, 0.4) is 0 Å². The number of carbonyl (C=O) groups is 3. The molecule has 2 aromatic carbocycles. The minimum Gasteiger partial charge on any atom is -0.350 e. The molecule has 0 saturated carbocycles. The molecular weight excluding hydrogens is 402 g/mol. The summed E-state index contributed by atoms with van der Waals surface area (Å²) in [6.07, 6.45) is 3.17. The van der Waals surface area contributed by atoms with Crippen LogP contribution in [0, 0.1) is 6.92 Å². The van der Waals surface area contributed by atoms with Crippen LogP contribution in [-0.4, -0.2) is 35.7 Å². The van der Waals surface area contributed by atoms with Gasteiger partial charge in [-0.3, -0.25) is 14.4 Å². The molecule has 0 bridgehead atoms. The Labute approximate surface area is 180 Å². The van der Waals surface area contributed by atoms with E-state index in [0.29, 0.717) is 16.9 Å². The highest BCUT2D eigenvalue weighted by molar-refractivity contribution is 6.53. The molecule has 0 unspecified atom stereocenters. The number of halogens is 1. The predicted molar refractivity (Wildman–Crippen MR) is 116 cm³/mol. The number of benzene rings is 2. The van der Waals surface area contributed by atoms with E-state index in [1.54, 1.807) is 36.4 Å². The molecule has 4 rings (SSSR count). The number of rotatable bonds is 4. The van der Waals surface area contributed by atoms with Gasteiger partial charge in [-0.15, -0.1) is 0 Å². The first kappa shape index (κ1) is 20.2. The van der Waals surface area contributed by atoms with Crippen molar-refractivity contribution in [2.24, 2.45) is 0 Å². The Hall–Kier alpha value is -3.12. The second-order valence-electron chi connectivity index (χ2n) is 7.53. The van der Waals surface area contributed by atoms with Crippen LogP contribution in [0.2, 0.25) is 0 Å². The third kappa shape index (κ3) is 3.83. The molecule has 2 aromatic rings. The Balaban J connectivity index is 1.55. The second-order valence-corrected chi connectivity index (χ2v) is 7.91. The van der Waals surface area contributed by atoms with Gasteiger partial charge in [0.15, 0.2) is 0 Å². The zero-order valence-corrected chi connectivity index (χ0v) is 17.4. The number of hydrogen-bond donors (Lipinski definition) is 1. The van der Waals surface area contributed by atoms with Gasteiger partial charge in [0.05, 0.1) is 5.69 Å². The smallest absolute Gasteiger partial charge is 0.283 e. The van der Waals surface area contributed by atoms with Crippen molar-refractivity contribution >= 4 is 40.7 Å². The second kappa shape index (κ2) is 8.32. The molecule has 154 valence electrons. The lowest BCUT2D eigenvalue weighted by Crippen LogP contribution is -2.35. The normalized spacial score (nSPS) is 17.0. The van der Waals surface area contributed by atoms with Gasteiger partial charge in [-0.1, -0.05) is 35.4 Å². The molecule has 30 heavy (non-hydrogen) atoms. The molecule has 0 aromatic heterocycles. The van der Waals surface area contributed by atoms with Crippen molar-refractivity contribution in [1.29, 1.82) is 0 Å². The summed E-state index contributed by atoms with van der Waals surface area (Å²) in [4.78, 5) is 41.2. The van der Waals surface area contributed by atoms with Crippen LogP contribution in [0.5, 0.6) is 0 Å². The number of imide groups is 1. The minimum absolute atomic E-state index is 0.00446. The number of likely N-dealkylation sites (tertiary alicyclic amines) is 1. The van der Waals surface area contributed by atoms with Gasteiger partial charge in [0.2, 0.25) is 0 Å². The van der Waals surface area contributed by atoms with E-state index in [4.69, 9.17) is 11.6 Å². The van der Waals surface area contributed by atoms with Crippen molar-refractivity contribution < 1.29 is 14.4 Å². The van der Waals surface area contributed by atoms with E-state index in [9.17, 15) is 14.4 Å². The first-order chi connectivity index (χ1) is 14.5. The van der Waals surface area contributed by atoms with Gasteiger partial charge in [0.1, 0.15) is 10.7 Å². The monoisotopic (exact) mass is 423 g/mol. The molecule has 0 spiro atoms. The van der Waals surface area contributed by atoms with Crippen LogP contribution in [0.15, 0.2) is 59.3 Å². The van der Waals surface area contributed by atoms with Crippen LogP contribution in [0.1, 0.15) is 35.2 Å². The average molecular weight is 424 g/mol. The van der Waals surface area contributed by atoms with E-state index >= 15 is 0 Å². The third-order valence-corrected chi connectivity index (χ3v) is 5.69. The Morgan fingerprint density at radius 2 is 1.67 bits per heavy atom. The summed E-state index contributed by atoms with van der Waals surface area (Å²) in [5.74, 6) is -1.14. The minimum atomic E-state index is -0.575. The van der Waals surface area contributed by atoms with Crippen LogP contribution < -0.4 is 10.2 Å². The van der Waals surface area contributed by atoms with E-state index in [1.807, 2.05) is 24.0 Å². The Morgan fingerprint density at radius 3 is 2.37 bits per heavy atom. The number of anilines is 2. The van der Waals surface area contributed by atoms with Crippen molar-refractivity contribution in [2.45, 2.75) is 26.2 Å². The maximum atomic E-state index is 12.9. The fourth-order valence-corrected chi connectivity index (χ4v) is 3.91. The molecule has 7 heteroatoms. The lowest BCUT2D eigenvalue weighted by Gasteiger charge is -2.26. The molecule has 2 aliphatic heterocycles. The summed E-state index contributed by atoms with van der Waals surface area (Å²) in [6.45, 7) is 3.44. The summed E-state index contributed by atoms with van der Waals surface area (Å²) in [5, 5.41) is 2.77. The predicted octanol–water partition coefficient (Wildman–Crippen LogP) is 4.06. The largest absolute Gasteiger partial charge is 0.350 e. The number of nitrogens with one attached hydrogen (secondary N) is 1. The molecule has 3 amide bonds. The van der Waals surface area contributed by atoms with E-state index in [0.717, 1.165) is 42.8 Å². The van der Waals surface area contributed by atoms with Gasteiger partial charge in [-0.05, 0) is 56.5 Å². The van der Waals surface area contributed by atoms with E-state index < -0.39 is 11.8 Å². The molecule has 0 radical (unpaired) electrons. The Morgan fingerprint density at radius 1 is 0.967 bits per heavy atom. The number of hydrogen-bond acceptors (Lipinski definition) is 4. The topological polar surface area (TPSA) is 69.7 Å². The van der Waals surface area contributed by atoms with Crippen molar-refractivity contribution in [3.63, 3.8) is 0 Å². The first-order valence-corrected chi connectivity index (χ1v) is 10.3. The van der Waals surface area contributed by atoms with Crippen molar-refractivity contribution in [3.8, 4) is 0 Å². The van der Waals surface area contributed by atoms with Crippen molar-refractivity contribution in [1.82, 2.24) is 4.90 Å². The van der Waals surface area contributed by atoms with Crippen LogP contribution in [0.25, 0.3) is 0 Å². The highest BCUT2D eigenvalue weighted by atomic mass is 35.5. The lowest BCUT2D eigenvalue weighted by atomic mass is 10.1. The molecule has 6 nitrogen and oxygen atoms in total. The Bertz CT molecular complexity index is 1040. The van der Waals surface area contributed by atoms with E-state index in [1.165, 1.54) is 0 Å².